The second kappa shape index (κ2) is 9.71. The normalized spacial score (nSPS) is 21.0. The van der Waals surface area contributed by atoms with Crippen LogP contribution in [0.5, 0.6) is 0 Å². The quantitative estimate of drug-likeness (QED) is 0.734. The molecule has 2 fully saturated rings. The van der Waals surface area contributed by atoms with Gasteiger partial charge in [-0.2, -0.15) is 0 Å². The van der Waals surface area contributed by atoms with Crippen molar-refractivity contribution in [2.75, 3.05) is 45.2 Å². The number of piperidine rings is 1. The fourth-order valence-corrected chi connectivity index (χ4v) is 4.47. The average molecular weight is 424 g/mol. The zero-order chi connectivity index (χ0) is 21.7. The van der Waals surface area contributed by atoms with Crippen molar-refractivity contribution in [1.29, 1.82) is 0 Å². The molecule has 2 aromatic rings. The lowest BCUT2D eigenvalue weighted by Gasteiger charge is -2.38. The van der Waals surface area contributed by atoms with Crippen LogP contribution >= 0.6 is 0 Å². The third-order valence-corrected chi connectivity index (χ3v) is 6.42. The van der Waals surface area contributed by atoms with Crippen LogP contribution in [0.15, 0.2) is 53.2 Å². The zero-order valence-corrected chi connectivity index (χ0v) is 18.5. The van der Waals surface area contributed by atoms with E-state index in [0.717, 1.165) is 45.3 Å². The minimum atomic E-state index is -0.174. The van der Waals surface area contributed by atoms with Crippen molar-refractivity contribution in [2.45, 2.75) is 37.4 Å². The summed E-state index contributed by atoms with van der Waals surface area (Å²) in [5, 5.41) is 2.93. The number of likely N-dealkylation sites (tertiary alicyclic amines) is 1. The third kappa shape index (κ3) is 5.57. The van der Waals surface area contributed by atoms with Gasteiger partial charge in [0.1, 0.15) is 0 Å². The van der Waals surface area contributed by atoms with E-state index in [2.05, 4.69) is 65.6 Å². The molecule has 166 valence electrons. The maximum atomic E-state index is 12.0. The Labute approximate surface area is 184 Å². The van der Waals surface area contributed by atoms with Crippen LogP contribution in [0.25, 0.3) is 6.08 Å². The van der Waals surface area contributed by atoms with Gasteiger partial charge in [0.05, 0.1) is 18.0 Å². The van der Waals surface area contributed by atoms with Crippen LogP contribution < -0.4 is 10.2 Å². The summed E-state index contributed by atoms with van der Waals surface area (Å²) in [6, 6.07) is 12.0. The molecule has 1 N–H and O–H groups in total. The molecule has 4 rings (SSSR count). The number of nitrogens with one attached hydrogen (secondary N) is 1. The first-order valence-electron chi connectivity index (χ1n) is 11.2. The summed E-state index contributed by atoms with van der Waals surface area (Å²) in [6.07, 6.45) is 10.3. The summed E-state index contributed by atoms with van der Waals surface area (Å²) in [5.41, 5.74) is 2.44. The number of ether oxygens (including phenoxy) is 1. The van der Waals surface area contributed by atoms with Crippen molar-refractivity contribution in [3.05, 3.63) is 60.1 Å². The predicted octanol–water partition coefficient (Wildman–Crippen LogP) is 3.80. The number of benzene rings is 1. The summed E-state index contributed by atoms with van der Waals surface area (Å²) in [4.78, 5) is 16.6. The highest BCUT2D eigenvalue weighted by Crippen LogP contribution is 2.38. The lowest BCUT2D eigenvalue weighted by Crippen LogP contribution is -2.45. The van der Waals surface area contributed by atoms with E-state index in [0.29, 0.717) is 12.3 Å². The molecule has 6 heteroatoms. The molecule has 1 atom stereocenters. The van der Waals surface area contributed by atoms with Gasteiger partial charge >= 0.3 is 0 Å². The molecule has 31 heavy (non-hydrogen) atoms. The van der Waals surface area contributed by atoms with Gasteiger partial charge in [0.25, 0.3) is 5.91 Å². The van der Waals surface area contributed by atoms with Gasteiger partial charge < -0.3 is 19.4 Å². The third-order valence-electron chi connectivity index (χ3n) is 6.42. The smallest absolute Gasteiger partial charge is 0.287 e. The van der Waals surface area contributed by atoms with Crippen molar-refractivity contribution in [2.24, 2.45) is 0 Å². The van der Waals surface area contributed by atoms with Gasteiger partial charge in [-0.15, -0.1) is 0 Å². The van der Waals surface area contributed by atoms with E-state index in [1.165, 1.54) is 17.5 Å². The Morgan fingerprint density at radius 1 is 1.19 bits per heavy atom. The molecule has 3 heterocycles. The minimum Gasteiger partial charge on any atom is -0.459 e. The topological polar surface area (TPSA) is 58.0 Å². The number of furan rings is 1. The van der Waals surface area contributed by atoms with Gasteiger partial charge in [-0.1, -0.05) is 24.3 Å². The predicted molar refractivity (Wildman–Crippen MR) is 123 cm³/mol. The van der Waals surface area contributed by atoms with Crippen LogP contribution in [-0.4, -0.2) is 62.8 Å². The number of anilines is 1. The van der Waals surface area contributed by atoms with Gasteiger partial charge in [-0.25, -0.2) is 0 Å². The summed E-state index contributed by atoms with van der Waals surface area (Å²) in [7, 11) is 4.11. The second-order valence-electron chi connectivity index (χ2n) is 8.84. The van der Waals surface area contributed by atoms with Crippen LogP contribution in [-0.2, 0) is 4.74 Å². The van der Waals surface area contributed by atoms with E-state index >= 15 is 0 Å². The Hall–Kier alpha value is -2.57. The molecule has 0 saturated carbocycles. The monoisotopic (exact) mass is 423 g/mol. The van der Waals surface area contributed by atoms with Crippen LogP contribution in [0.4, 0.5) is 5.69 Å². The van der Waals surface area contributed by atoms with Gasteiger partial charge in [-0.05, 0) is 55.5 Å². The highest BCUT2D eigenvalue weighted by atomic mass is 16.5. The number of carbonyl (C=O) groups is 1. The molecule has 0 aliphatic carbocycles. The number of rotatable bonds is 7. The fraction of sp³-hybridized carbons (Fsp3) is 0.480. The van der Waals surface area contributed by atoms with E-state index in [-0.39, 0.29) is 17.6 Å². The van der Waals surface area contributed by atoms with E-state index < -0.39 is 0 Å². The lowest BCUT2D eigenvalue weighted by molar-refractivity contribution is -0.0741. The Balaban J connectivity index is 1.18. The van der Waals surface area contributed by atoms with E-state index in [9.17, 15) is 4.79 Å². The summed E-state index contributed by atoms with van der Waals surface area (Å²) in [6.45, 7) is 3.61. The summed E-state index contributed by atoms with van der Waals surface area (Å²) < 4.78 is 11.6. The standard InChI is InChI=1S/C25H33N3O3/c1-27(2)21-9-7-20(8-10-21)5-3-15-28-16-13-25(14-17-28)12-11-22(31-25)19-26-24(29)23-6-4-18-30-23/h3-10,18,22H,11-17,19H2,1-2H3,(H,26,29)/b5-3+/t22-/m1/s1. The molecule has 2 aliphatic heterocycles. The Kier molecular flexibility index (Phi) is 6.78. The highest BCUT2D eigenvalue weighted by Gasteiger charge is 2.42. The number of carbonyl (C=O) groups excluding carboxylic acids is 1. The first-order valence-corrected chi connectivity index (χ1v) is 11.2. The molecule has 0 radical (unpaired) electrons. The molecule has 6 nitrogen and oxygen atoms in total. The van der Waals surface area contributed by atoms with Crippen molar-refractivity contribution in [3.63, 3.8) is 0 Å². The van der Waals surface area contributed by atoms with Crippen molar-refractivity contribution in [1.82, 2.24) is 10.2 Å². The number of hydrogen-bond donors (Lipinski definition) is 1. The molecular formula is C25H33N3O3. The van der Waals surface area contributed by atoms with E-state index in [1.807, 2.05) is 0 Å². The van der Waals surface area contributed by atoms with Crippen LogP contribution in [0, 0.1) is 0 Å². The maximum absolute atomic E-state index is 12.0. The van der Waals surface area contributed by atoms with Crippen LogP contribution in [0.2, 0.25) is 0 Å². The summed E-state index contributed by atoms with van der Waals surface area (Å²) in [5.74, 6) is 0.176. The van der Waals surface area contributed by atoms with Crippen LogP contribution in [0.1, 0.15) is 41.8 Å². The van der Waals surface area contributed by atoms with E-state index in [4.69, 9.17) is 9.15 Å². The number of hydrogen-bond acceptors (Lipinski definition) is 5. The number of nitrogens with zero attached hydrogens (tertiary/aromatic N) is 2. The molecule has 0 unspecified atom stereocenters. The van der Waals surface area contributed by atoms with Gasteiger partial charge in [0.15, 0.2) is 5.76 Å². The Bertz CT molecular complexity index is 866. The van der Waals surface area contributed by atoms with Gasteiger partial charge in [0.2, 0.25) is 0 Å². The molecule has 2 aliphatic rings. The lowest BCUT2D eigenvalue weighted by atomic mass is 9.88. The fourth-order valence-electron chi connectivity index (χ4n) is 4.47. The van der Waals surface area contributed by atoms with Crippen molar-refractivity contribution < 1.29 is 13.9 Å². The first kappa shape index (κ1) is 21.7. The van der Waals surface area contributed by atoms with Crippen molar-refractivity contribution in [3.8, 4) is 0 Å². The second-order valence-corrected chi connectivity index (χ2v) is 8.84. The van der Waals surface area contributed by atoms with E-state index in [1.54, 1.807) is 12.1 Å². The zero-order valence-electron chi connectivity index (χ0n) is 18.5. The van der Waals surface area contributed by atoms with Crippen LogP contribution in [0.3, 0.4) is 0 Å². The molecule has 0 bridgehead atoms. The first-order chi connectivity index (χ1) is 15.0. The Morgan fingerprint density at radius 3 is 2.65 bits per heavy atom. The molecule has 2 saturated heterocycles. The molecule has 1 amide bonds. The maximum Gasteiger partial charge on any atom is 0.287 e. The number of amides is 1. The minimum absolute atomic E-state index is 0.0116. The van der Waals surface area contributed by atoms with Crippen molar-refractivity contribution >= 4 is 17.7 Å². The Morgan fingerprint density at radius 2 is 1.97 bits per heavy atom. The van der Waals surface area contributed by atoms with Gasteiger partial charge in [-0.3, -0.25) is 9.69 Å². The SMILES string of the molecule is CN(C)c1ccc(/C=C/CN2CCC3(CC[C@H](CNC(=O)c4ccco4)O3)CC2)cc1. The molecule has 1 aromatic heterocycles. The molecule has 1 spiro atoms. The molecular weight excluding hydrogens is 390 g/mol. The highest BCUT2D eigenvalue weighted by molar-refractivity contribution is 5.91. The largest absolute Gasteiger partial charge is 0.459 e. The van der Waals surface area contributed by atoms with Gasteiger partial charge in [0, 0.05) is 46.0 Å². The summed E-state index contributed by atoms with van der Waals surface area (Å²) >= 11 is 0. The average Bonchev–Trinajstić information content (AvgIpc) is 3.45. The molecule has 1 aromatic carbocycles.